The van der Waals surface area contributed by atoms with Crippen molar-refractivity contribution in [3.8, 4) is 0 Å². The first kappa shape index (κ1) is 19.4. The maximum atomic E-state index is 12.9. The lowest BCUT2D eigenvalue weighted by atomic mass is 9.79. The van der Waals surface area contributed by atoms with Crippen molar-refractivity contribution in [2.45, 2.75) is 45.4 Å². The van der Waals surface area contributed by atoms with E-state index in [4.69, 9.17) is 9.31 Å². The smallest absolute Gasteiger partial charge is 0.399 e. The average Bonchev–Trinajstić information content (AvgIpc) is 2.83. The van der Waals surface area contributed by atoms with Crippen LogP contribution < -0.4 is 16.1 Å². The van der Waals surface area contributed by atoms with E-state index < -0.39 is 18.3 Å². The molecule has 0 atom stereocenters. The third-order valence-corrected chi connectivity index (χ3v) is 5.06. The number of halogens is 1. The lowest BCUT2D eigenvalue weighted by molar-refractivity contribution is 0.00578. The Morgan fingerprint density at radius 3 is 2.07 bits per heavy atom. The second-order valence-corrected chi connectivity index (χ2v) is 7.64. The molecule has 0 aromatic heterocycles. The molecular weight excluding hydrogens is 346 g/mol. The monoisotopic (exact) mass is 370 g/mol. The third-order valence-electron chi connectivity index (χ3n) is 5.06. The van der Waals surface area contributed by atoms with E-state index >= 15 is 0 Å². The van der Waals surface area contributed by atoms with Crippen LogP contribution in [0.15, 0.2) is 48.5 Å². The fraction of sp³-hybridized carbons (Fsp3) is 0.350. The van der Waals surface area contributed by atoms with Gasteiger partial charge in [-0.1, -0.05) is 24.3 Å². The maximum absolute atomic E-state index is 12.9. The number of amides is 2. The summed E-state index contributed by atoms with van der Waals surface area (Å²) in [6.45, 7) is 8.35. The van der Waals surface area contributed by atoms with Gasteiger partial charge >= 0.3 is 13.1 Å². The van der Waals surface area contributed by atoms with Gasteiger partial charge in [-0.3, -0.25) is 0 Å². The highest BCUT2D eigenvalue weighted by molar-refractivity contribution is 6.62. The van der Waals surface area contributed by atoms with E-state index in [1.54, 1.807) is 24.3 Å². The minimum atomic E-state index is -0.434. The molecule has 1 aliphatic heterocycles. The number of hydrogen-bond acceptors (Lipinski definition) is 3. The molecule has 1 saturated heterocycles. The minimum Gasteiger partial charge on any atom is -0.399 e. The van der Waals surface area contributed by atoms with Crippen LogP contribution >= 0.6 is 0 Å². The second-order valence-electron chi connectivity index (χ2n) is 7.64. The lowest BCUT2D eigenvalue weighted by Gasteiger charge is -2.32. The van der Waals surface area contributed by atoms with Gasteiger partial charge in [-0.2, -0.15) is 0 Å². The van der Waals surface area contributed by atoms with E-state index in [1.807, 2.05) is 39.8 Å². The molecule has 0 saturated carbocycles. The molecule has 142 valence electrons. The van der Waals surface area contributed by atoms with Crippen LogP contribution in [0.2, 0.25) is 0 Å². The molecule has 2 N–H and O–H groups in total. The van der Waals surface area contributed by atoms with Crippen molar-refractivity contribution in [1.29, 1.82) is 0 Å². The molecule has 0 aliphatic carbocycles. The molecule has 3 rings (SSSR count). The van der Waals surface area contributed by atoms with Gasteiger partial charge in [0.1, 0.15) is 5.82 Å². The number of carbonyl (C=O) groups is 1. The maximum Gasteiger partial charge on any atom is 0.494 e. The molecule has 2 aromatic rings. The van der Waals surface area contributed by atoms with Crippen molar-refractivity contribution in [1.82, 2.24) is 5.32 Å². The number of anilines is 1. The third kappa shape index (κ3) is 4.49. The largest absolute Gasteiger partial charge is 0.494 e. The lowest BCUT2D eigenvalue weighted by Crippen LogP contribution is -2.41. The van der Waals surface area contributed by atoms with Crippen molar-refractivity contribution in [3.63, 3.8) is 0 Å². The molecule has 0 spiro atoms. The highest BCUT2D eigenvalue weighted by atomic mass is 19.1. The van der Waals surface area contributed by atoms with Crippen LogP contribution in [0.25, 0.3) is 0 Å². The van der Waals surface area contributed by atoms with E-state index in [2.05, 4.69) is 10.6 Å². The van der Waals surface area contributed by atoms with Crippen LogP contribution in [0.4, 0.5) is 14.9 Å². The van der Waals surface area contributed by atoms with Crippen molar-refractivity contribution >= 4 is 24.3 Å². The first-order chi connectivity index (χ1) is 12.7. The number of nitrogens with one attached hydrogen (secondary N) is 2. The topological polar surface area (TPSA) is 59.6 Å². The van der Waals surface area contributed by atoms with Gasteiger partial charge in [0, 0.05) is 12.2 Å². The summed E-state index contributed by atoms with van der Waals surface area (Å²) in [5, 5.41) is 5.50. The van der Waals surface area contributed by atoms with Crippen molar-refractivity contribution in [2.75, 3.05) is 5.32 Å². The summed E-state index contributed by atoms with van der Waals surface area (Å²) in [5.74, 6) is -0.301. The van der Waals surface area contributed by atoms with Crippen molar-refractivity contribution < 1.29 is 18.5 Å². The van der Waals surface area contributed by atoms with E-state index in [0.717, 1.165) is 11.0 Å². The van der Waals surface area contributed by atoms with Crippen LogP contribution in [0.3, 0.4) is 0 Å². The van der Waals surface area contributed by atoms with E-state index in [9.17, 15) is 9.18 Å². The molecule has 0 radical (unpaired) electrons. The highest BCUT2D eigenvalue weighted by Crippen LogP contribution is 2.36. The van der Waals surface area contributed by atoms with E-state index in [-0.39, 0.29) is 11.8 Å². The Balaban J connectivity index is 1.55. The Hall–Kier alpha value is -2.38. The van der Waals surface area contributed by atoms with E-state index in [0.29, 0.717) is 12.2 Å². The van der Waals surface area contributed by atoms with Gasteiger partial charge in [-0.15, -0.1) is 0 Å². The van der Waals surface area contributed by atoms with Crippen molar-refractivity contribution in [2.24, 2.45) is 0 Å². The van der Waals surface area contributed by atoms with Gasteiger partial charge in [0.25, 0.3) is 0 Å². The van der Waals surface area contributed by atoms with Gasteiger partial charge in [-0.25, -0.2) is 9.18 Å². The standard InChI is InChI=1S/C20H24BFN2O3/c1-19(2)20(3,4)27-21(26-19)15-7-11-17(12-8-15)24-18(25)23-13-14-5-9-16(22)10-6-14/h5-12H,13H2,1-4H3,(H2,23,24,25). The number of rotatable bonds is 4. The van der Waals surface area contributed by atoms with E-state index in [1.165, 1.54) is 12.1 Å². The first-order valence-electron chi connectivity index (χ1n) is 8.91. The molecule has 1 heterocycles. The average molecular weight is 370 g/mol. The predicted molar refractivity (Wildman–Crippen MR) is 104 cm³/mol. The predicted octanol–water partition coefficient (Wildman–Crippen LogP) is 3.45. The molecular formula is C20H24BFN2O3. The number of benzene rings is 2. The molecule has 2 aromatic carbocycles. The van der Waals surface area contributed by atoms with Crippen LogP contribution in [0, 0.1) is 5.82 Å². The second kappa shape index (κ2) is 7.33. The Labute approximate surface area is 159 Å². The van der Waals surface area contributed by atoms with Crippen molar-refractivity contribution in [3.05, 3.63) is 59.9 Å². The first-order valence-corrected chi connectivity index (χ1v) is 8.91. The molecule has 0 bridgehead atoms. The van der Waals surface area contributed by atoms with Gasteiger partial charge in [0.05, 0.1) is 11.2 Å². The Bertz CT molecular complexity index is 791. The summed E-state index contributed by atoms with van der Waals surface area (Å²) in [6.07, 6.45) is 0. The van der Waals surface area contributed by atoms with Gasteiger partial charge in [-0.05, 0) is 63.0 Å². The molecule has 1 aliphatic rings. The zero-order chi connectivity index (χ0) is 19.7. The van der Waals surface area contributed by atoms with Crippen LogP contribution in [-0.2, 0) is 15.9 Å². The quantitative estimate of drug-likeness (QED) is 0.811. The van der Waals surface area contributed by atoms with Crippen LogP contribution in [-0.4, -0.2) is 24.4 Å². The fourth-order valence-electron chi connectivity index (χ4n) is 2.66. The zero-order valence-electron chi connectivity index (χ0n) is 16.0. The molecule has 2 amide bonds. The van der Waals surface area contributed by atoms with Gasteiger partial charge in [0.15, 0.2) is 0 Å². The number of hydrogen-bond donors (Lipinski definition) is 2. The van der Waals surface area contributed by atoms with Crippen LogP contribution in [0.1, 0.15) is 33.3 Å². The molecule has 1 fully saturated rings. The summed E-state index contributed by atoms with van der Waals surface area (Å²) in [5.41, 5.74) is 1.59. The Kier molecular flexibility index (Phi) is 5.26. The van der Waals surface area contributed by atoms with Gasteiger partial charge in [0.2, 0.25) is 0 Å². The summed E-state index contributed by atoms with van der Waals surface area (Å²) >= 11 is 0. The Morgan fingerprint density at radius 1 is 0.963 bits per heavy atom. The summed E-state index contributed by atoms with van der Waals surface area (Å²) in [4.78, 5) is 12.0. The normalized spacial score (nSPS) is 17.6. The molecule has 5 nitrogen and oxygen atoms in total. The molecule has 0 unspecified atom stereocenters. The zero-order valence-corrected chi connectivity index (χ0v) is 16.0. The van der Waals surface area contributed by atoms with Gasteiger partial charge < -0.3 is 19.9 Å². The summed E-state index contributed by atoms with van der Waals surface area (Å²) < 4.78 is 24.9. The number of urea groups is 1. The molecule has 7 heteroatoms. The fourth-order valence-corrected chi connectivity index (χ4v) is 2.66. The highest BCUT2D eigenvalue weighted by Gasteiger charge is 2.51. The summed E-state index contributed by atoms with van der Waals surface area (Å²) in [7, 11) is -0.434. The molecule has 27 heavy (non-hydrogen) atoms. The Morgan fingerprint density at radius 2 is 1.52 bits per heavy atom. The summed E-state index contributed by atoms with van der Waals surface area (Å²) in [6, 6.07) is 13.0. The minimum absolute atomic E-state index is 0.301. The van der Waals surface area contributed by atoms with Crippen LogP contribution in [0.5, 0.6) is 0 Å². The number of carbonyl (C=O) groups excluding carboxylic acids is 1. The SMILES string of the molecule is CC1(C)OB(c2ccc(NC(=O)NCc3ccc(F)cc3)cc2)OC1(C)C.